The quantitative estimate of drug-likeness (QED) is 0.616. The van der Waals surface area contributed by atoms with Crippen molar-refractivity contribution in [3.8, 4) is 0 Å². The summed E-state index contributed by atoms with van der Waals surface area (Å²) >= 11 is 0. The van der Waals surface area contributed by atoms with Gasteiger partial charge in [-0.2, -0.15) is 0 Å². The molecule has 2 fully saturated rings. The maximum atomic E-state index is 13.3. The van der Waals surface area contributed by atoms with Crippen LogP contribution in [0.1, 0.15) is 56.4 Å². The molecule has 0 radical (unpaired) electrons. The fraction of sp³-hybridized carbons (Fsp3) is 0.625. The van der Waals surface area contributed by atoms with Gasteiger partial charge in [0, 0.05) is 0 Å². The van der Waals surface area contributed by atoms with Crippen molar-refractivity contribution < 1.29 is 13.2 Å². The lowest BCUT2D eigenvalue weighted by Gasteiger charge is -2.39. The van der Waals surface area contributed by atoms with Crippen molar-refractivity contribution in [3.63, 3.8) is 0 Å². The van der Waals surface area contributed by atoms with Crippen LogP contribution < -0.4 is 0 Å². The third-order valence-electron chi connectivity index (χ3n) is 5.02. The van der Waals surface area contributed by atoms with Crippen LogP contribution in [0.5, 0.6) is 0 Å². The predicted molar refractivity (Wildman–Crippen MR) is 68.4 cm³/mol. The Bertz CT molecular complexity index is 446. The molecular weight excluding hydrogens is 249 g/mol. The van der Waals surface area contributed by atoms with E-state index in [1.54, 1.807) is 0 Å². The molecule has 2 aliphatic carbocycles. The summed E-state index contributed by atoms with van der Waals surface area (Å²) in [7, 11) is 0. The molecule has 0 spiro atoms. The standard InChI is InChI=1S/C16H19F3/c17-14-8-13(9-15(18)16(14)19)12-6-5-10-3-1-2-4-11(10)7-12/h8-12H,1-7H2. The third-order valence-corrected chi connectivity index (χ3v) is 5.02. The number of benzene rings is 1. The highest BCUT2D eigenvalue weighted by Crippen LogP contribution is 2.46. The molecule has 1 aromatic rings. The Kier molecular flexibility index (Phi) is 3.55. The van der Waals surface area contributed by atoms with Gasteiger partial charge in [0.2, 0.25) is 0 Å². The van der Waals surface area contributed by atoms with E-state index in [0.717, 1.165) is 25.2 Å². The molecule has 0 saturated heterocycles. The molecule has 19 heavy (non-hydrogen) atoms. The van der Waals surface area contributed by atoms with Crippen molar-refractivity contribution in [2.24, 2.45) is 11.8 Å². The van der Waals surface area contributed by atoms with E-state index in [0.29, 0.717) is 11.5 Å². The Morgan fingerprint density at radius 1 is 0.789 bits per heavy atom. The van der Waals surface area contributed by atoms with Gasteiger partial charge in [-0.1, -0.05) is 25.7 Å². The largest absolute Gasteiger partial charge is 0.204 e. The maximum Gasteiger partial charge on any atom is 0.194 e. The van der Waals surface area contributed by atoms with Gasteiger partial charge in [-0.3, -0.25) is 0 Å². The zero-order valence-electron chi connectivity index (χ0n) is 11.0. The molecule has 1 aromatic carbocycles. The van der Waals surface area contributed by atoms with Gasteiger partial charge in [0.1, 0.15) is 0 Å². The minimum absolute atomic E-state index is 0.198. The van der Waals surface area contributed by atoms with Crippen LogP contribution in [0.4, 0.5) is 13.2 Å². The number of fused-ring (bicyclic) bond motifs is 1. The van der Waals surface area contributed by atoms with Crippen LogP contribution in [0.3, 0.4) is 0 Å². The van der Waals surface area contributed by atoms with Gasteiger partial charge in [0.05, 0.1) is 0 Å². The summed E-state index contributed by atoms with van der Waals surface area (Å²) in [6, 6.07) is 2.37. The first kappa shape index (κ1) is 13.0. The summed E-state index contributed by atoms with van der Waals surface area (Å²) in [6.45, 7) is 0. The van der Waals surface area contributed by atoms with Crippen molar-refractivity contribution >= 4 is 0 Å². The smallest absolute Gasteiger partial charge is 0.194 e. The molecule has 3 unspecified atom stereocenters. The average Bonchev–Trinajstić information content (AvgIpc) is 2.43. The van der Waals surface area contributed by atoms with E-state index in [1.807, 2.05) is 0 Å². The highest BCUT2D eigenvalue weighted by atomic mass is 19.2. The van der Waals surface area contributed by atoms with Gasteiger partial charge in [0.25, 0.3) is 0 Å². The first-order valence-corrected chi connectivity index (χ1v) is 7.29. The molecule has 104 valence electrons. The van der Waals surface area contributed by atoms with Crippen LogP contribution in [0.2, 0.25) is 0 Å². The summed E-state index contributed by atoms with van der Waals surface area (Å²) in [5.74, 6) is -1.76. The topological polar surface area (TPSA) is 0 Å². The van der Waals surface area contributed by atoms with Crippen LogP contribution in [0.25, 0.3) is 0 Å². The Morgan fingerprint density at radius 2 is 1.42 bits per heavy atom. The summed E-state index contributed by atoms with van der Waals surface area (Å²) in [6.07, 6.45) is 8.29. The normalized spacial score (nSPS) is 31.0. The van der Waals surface area contributed by atoms with E-state index < -0.39 is 17.5 Å². The summed E-state index contributed by atoms with van der Waals surface area (Å²) in [5, 5.41) is 0. The number of hydrogen-bond donors (Lipinski definition) is 0. The fourth-order valence-electron chi connectivity index (χ4n) is 3.99. The lowest BCUT2D eigenvalue weighted by Crippen LogP contribution is -2.27. The molecule has 0 amide bonds. The monoisotopic (exact) mass is 268 g/mol. The third kappa shape index (κ3) is 2.52. The molecule has 0 heterocycles. The number of rotatable bonds is 1. The van der Waals surface area contributed by atoms with Crippen molar-refractivity contribution in [2.45, 2.75) is 50.9 Å². The molecule has 3 heteroatoms. The highest BCUT2D eigenvalue weighted by molar-refractivity contribution is 5.24. The van der Waals surface area contributed by atoms with E-state index in [1.165, 1.54) is 37.8 Å². The fourth-order valence-corrected chi connectivity index (χ4v) is 3.99. The zero-order chi connectivity index (χ0) is 13.4. The Labute approximate surface area is 112 Å². The second kappa shape index (κ2) is 5.18. The number of hydrogen-bond acceptors (Lipinski definition) is 0. The van der Waals surface area contributed by atoms with Crippen LogP contribution >= 0.6 is 0 Å². The zero-order valence-corrected chi connectivity index (χ0v) is 11.0. The molecule has 0 N–H and O–H groups in total. The lowest BCUT2D eigenvalue weighted by molar-refractivity contribution is 0.155. The van der Waals surface area contributed by atoms with E-state index in [-0.39, 0.29) is 5.92 Å². The van der Waals surface area contributed by atoms with Gasteiger partial charge in [-0.25, -0.2) is 13.2 Å². The van der Waals surface area contributed by atoms with Gasteiger partial charge in [0.15, 0.2) is 17.5 Å². The van der Waals surface area contributed by atoms with Crippen molar-refractivity contribution in [1.82, 2.24) is 0 Å². The van der Waals surface area contributed by atoms with Gasteiger partial charge in [-0.15, -0.1) is 0 Å². The minimum Gasteiger partial charge on any atom is -0.204 e. The second-order valence-corrected chi connectivity index (χ2v) is 6.11. The Morgan fingerprint density at radius 3 is 2.11 bits per heavy atom. The summed E-state index contributed by atoms with van der Waals surface area (Å²) < 4.78 is 39.6. The second-order valence-electron chi connectivity index (χ2n) is 6.11. The Hall–Kier alpha value is -0.990. The molecule has 3 rings (SSSR count). The molecule has 0 nitrogen and oxygen atoms in total. The van der Waals surface area contributed by atoms with Crippen LogP contribution in [-0.4, -0.2) is 0 Å². The average molecular weight is 268 g/mol. The molecular formula is C16H19F3. The van der Waals surface area contributed by atoms with Crippen LogP contribution in [0.15, 0.2) is 12.1 Å². The SMILES string of the molecule is Fc1cc(C2CCC3CCCCC3C2)cc(F)c1F. The minimum atomic E-state index is -1.35. The Balaban J connectivity index is 1.79. The molecule has 2 saturated carbocycles. The summed E-state index contributed by atoms with van der Waals surface area (Å²) in [5.41, 5.74) is 0.639. The van der Waals surface area contributed by atoms with Crippen molar-refractivity contribution in [1.29, 1.82) is 0 Å². The van der Waals surface area contributed by atoms with Gasteiger partial charge >= 0.3 is 0 Å². The van der Waals surface area contributed by atoms with Crippen molar-refractivity contribution in [3.05, 3.63) is 35.1 Å². The lowest BCUT2D eigenvalue weighted by atomic mass is 9.66. The first-order chi connectivity index (χ1) is 9.15. The van der Waals surface area contributed by atoms with E-state index in [9.17, 15) is 13.2 Å². The van der Waals surface area contributed by atoms with Gasteiger partial charge < -0.3 is 0 Å². The maximum absolute atomic E-state index is 13.3. The van der Waals surface area contributed by atoms with Crippen LogP contribution in [-0.2, 0) is 0 Å². The van der Waals surface area contributed by atoms with Crippen LogP contribution in [0, 0.1) is 29.3 Å². The summed E-state index contributed by atoms with van der Waals surface area (Å²) in [4.78, 5) is 0. The molecule has 0 bridgehead atoms. The van der Waals surface area contributed by atoms with Gasteiger partial charge in [-0.05, 0) is 54.7 Å². The van der Waals surface area contributed by atoms with E-state index >= 15 is 0 Å². The van der Waals surface area contributed by atoms with Crippen molar-refractivity contribution in [2.75, 3.05) is 0 Å². The first-order valence-electron chi connectivity index (χ1n) is 7.29. The van der Waals surface area contributed by atoms with E-state index in [2.05, 4.69) is 0 Å². The number of halogens is 3. The predicted octanol–water partition coefficient (Wildman–Crippen LogP) is 5.18. The molecule has 0 aliphatic heterocycles. The van der Waals surface area contributed by atoms with E-state index in [4.69, 9.17) is 0 Å². The molecule has 2 aliphatic rings. The molecule has 3 atom stereocenters. The molecule has 0 aromatic heterocycles. The highest BCUT2D eigenvalue weighted by Gasteiger charge is 2.33.